The van der Waals surface area contributed by atoms with Crippen LogP contribution < -0.4 is 5.32 Å². The van der Waals surface area contributed by atoms with E-state index in [1.807, 2.05) is 6.08 Å². The smallest absolute Gasteiger partial charge is 0.220 e. The lowest BCUT2D eigenvalue weighted by Gasteiger charge is -2.48. The van der Waals surface area contributed by atoms with E-state index in [2.05, 4.69) is 19.2 Å². The lowest BCUT2D eigenvalue weighted by atomic mass is 9.96. The van der Waals surface area contributed by atoms with Crippen LogP contribution in [0.1, 0.15) is 303 Å². The molecule has 0 aliphatic carbocycles. The first-order valence-corrected chi connectivity index (χ1v) is 36.9. The van der Waals surface area contributed by atoms with Gasteiger partial charge >= 0.3 is 0 Å². The molecule has 532 valence electrons. The van der Waals surface area contributed by atoms with Crippen molar-refractivity contribution in [3.8, 4) is 0 Å². The molecule has 17 unspecified atom stereocenters. The summed E-state index contributed by atoms with van der Waals surface area (Å²) in [6.45, 7) is 1.79. The fourth-order valence-corrected chi connectivity index (χ4v) is 12.8. The number of carbonyl (C=O) groups excluding carboxylic acids is 1. The molecule has 19 nitrogen and oxygen atoms in total. The van der Waals surface area contributed by atoms with E-state index in [9.17, 15) is 61.0 Å². The molecule has 3 heterocycles. The minimum atomic E-state index is -1.98. The molecule has 1 amide bonds. The Morgan fingerprint density at radius 3 is 1.04 bits per heavy atom. The third-order valence-corrected chi connectivity index (χ3v) is 18.8. The first-order chi connectivity index (χ1) is 43.8. The van der Waals surface area contributed by atoms with Gasteiger partial charge in [0.05, 0.1) is 38.6 Å². The van der Waals surface area contributed by atoms with Crippen molar-refractivity contribution in [3.63, 3.8) is 0 Å². The van der Waals surface area contributed by atoms with Crippen molar-refractivity contribution in [2.24, 2.45) is 0 Å². The van der Waals surface area contributed by atoms with Crippen LogP contribution in [-0.2, 0) is 33.2 Å². The SMILES string of the molecule is CCCCCCCCCCCCCCCCCCCCCC/C=C/C(O)C(COC1OC(CO)C(OC2OC(CO)C(OC3OC(CO)C(O)C(O)C3O)C(O)C2O)C(O)C1O)NC(=O)CCCCCCCCCCCCCCCCCCCCCCCCC. The first kappa shape index (κ1) is 82.8. The van der Waals surface area contributed by atoms with E-state index in [1.54, 1.807) is 6.08 Å². The third kappa shape index (κ3) is 35.0. The molecule has 0 saturated carbocycles. The van der Waals surface area contributed by atoms with Crippen LogP contribution in [0.5, 0.6) is 0 Å². The molecule has 0 aromatic heterocycles. The lowest BCUT2D eigenvalue weighted by molar-refractivity contribution is -0.379. The van der Waals surface area contributed by atoms with Crippen LogP contribution in [0.3, 0.4) is 0 Å². The van der Waals surface area contributed by atoms with Crippen LogP contribution in [0.15, 0.2) is 12.2 Å². The number of allylic oxidation sites excluding steroid dienone is 1. The summed E-state index contributed by atoms with van der Waals surface area (Å²) in [4.78, 5) is 13.4. The molecule has 0 aromatic carbocycles. The Labute approximate surface area is 544 Å². The molecule has 17 atom stereocenters. The molecule has 3 saturated heterocycles. The molecule has 0 aromatic rings. The molecule has 3 rings (SSSR count). The highest BCUT2D eigenvalue weighted by molar-refractivity contribution is 5.76. The van der Waals surface area contributed by atoms with E-state index in [-0.39, 0.29) is 18.9 Å². The van der Waals surface area contributed by atoms with Crippen molar-refractivity contribution in [1.29, 1.82) is 0 Å². The van der Waals surface area contributed by atoms with Crippen molar-refractivity contribution in [2.75, 3.05) is 26.4 Å². The van der Waals surface area contributed by atoms with Gasteiger partial charge in [0.2, 0.25) is 5.91 Å². The van der Waals surface area contributed by atoms with Gasteiger partial charge in [-0.25, -0.2) is 0 Å². The number of rotatable bonds is 58. The summed E-state index contributed by atoms with van der Waals surface area (Å²) in [5, 5.41) is 121. The molecule has 3 fully saturated rings. The van der Waals surface area contributed by atoms with Crippen molar-refractivity contribution in [2.45, 2.75) is 407 Å². The van der Waals surface area contributed by atoms with Crippen molar-refractivity contribution in [1.82, 2.24) is 5.32 Å². The van der Waals surface area contributed by atoms with Crippen LogP contribution in [-0.4, -0.2) is 193 Å². The van der Waals surface area contributed by atoms with E-state index in [1.165, 1.54) is 231 Å². The molecule has 0 bridgehead atoms. The van der Waals surface area contributed by atoms with Gasteiger partial charge < -0.3 is 89.9 Å². The van der Waals surface area contributed by atoms with Gasteiger partial charge in [0.25, 0.3) is 0 Å². The molecular weight excluding hydrogens is 1150 g/mol. The minimum absolute atomic E-state index is 0.250. The fraction of sp³-hybridized carbons (Fsp3) is 0.958. The first-order valence-electron chi connectivity index (χ1n) is 36.9. The van der Waals surface area contributed by atoms with Crippen molar-refractivity contribution >= 4 is 5.91 Å². The Kier molecular flexibility index (Phi) is 49.3. The second-order valence-electron chi connectivity index (χ2n) is 26.8. The summed E-state index contributed by atoms with van der Waals surface area (Å²) in [6.07, 6.45) is 33.3. The van der Waals surface area contributed by atoms with Crippen LogP contribution >= 0.6 is 0 Å². The fourth-order valence-electron chi connectivity index (χ4n) is 12.8. The Morgan fingerprint density at radius 2 is 0.689 bits per heavy atom. The van der Waals surface area contributed by atoms with E-state index in [0.717, 1.165) is 44.9 Å². The zero-order chi connectivity index (χ0) is 65.4. The summed E-state index contributed by atoms with van der Waals surface area (Å²) in [5.74, 6) is -0.268. The second-order valence-corrected chi connectivity index (χ2v) is 26.8. The summed E-state index contributed by atoms with van der Waals surface area (Å²) < 4.78 is 34.4. The highest BCUT2D eigenvalue weighted by Crippen LogP contribution is 2.33. The largest absolute Gasteiger partial charge is 0.394 e. The molecule has 12 N–H and O–H groups in total. The molecule has 19 heteroatoms. The van der Waals surface area contributed by atoms with Gasteiger partial charge in [-0.1, -0.05) is 289 Å². The van der Waals surface area contributed by atoms with E-state index in [0.29, 0.717) is 6.42 Å². The Balaban J connectivity index is 1.42. The Hall–Kier alpha value is -1.47. The van der Waals surface area contributed by atoms with Gasteiger partial charge in [-0.05, 0) is 19.3 Å². The highest BCUT2D eigenvalue weighted by atomic mass is 16.8. The second kappa shape index (κ2) is 53.6. The van der Waals surface area contributed by atoms with Crippen molar-refractivity contribution < 1.29 is 89.4 Å². The van der Waals surface area contributed by atoms with Gasteiger partial charge in [0.1, 0.15) is 73.2 Å². The number of hydrogen-bond donors (Lipinski definition) is 12. The zero-order valence-corrected chi connectivity index (χ0v) is 56.4. The average Bonchev–Trinajstić information content (AvgIpc) is 1.01. The number of ether oxygens (including phenoxy) is 6. The maximum atomic E-state index is 13.4. The highest BCUT2D eigenvalue weighted by Gasteiger charge is 2.53. The molecular formula is C71H135NO18. The lowest BCUT2D eigenvalue weighted by Crippen LogP contribution is -2.66. The quantitative estimate of drug-likeness (QED) is 0.0199. The van der Waals surface area contributed by atoms with Crippen LogP contribution in [0.2, 0.25) is 0 Å². The standard InChI is InChI=1S/C71H135NO18/c1-3-5-7-9-11-13-15-17-19-21-23-25-27-29-31-33-35-37-39-41-43-45-47-49-59(77)72-54(55(76)48-46-44-42-40-38-36-34-32-30-28-26-24-22-20-18-16-14-12-10-8-6-4-2)53-85-69-65(83)62(80)67(57(51-74)87-69)90-71-66(84)63(81)68(58(52-75)88-71)89-70-64(82)61(79)60(78)56(50-73)86-70/h46,48,54-58,60-71,73-76,78-84H,3-45,47,49-53H2,1-2H3,(H,72,77)/b48-46+. The number of unbranched alkanes of at least 4 members (excludes halogenated alkanes) is 42. The van der Waals surface area contributed by atoms with E-state index in [4.69, 9.17) is 28.4 Å². The molecule has 90 heavy (non-hydrogen) atoms. The number of hydrogen-bond acceptors (Lipinski definition) is 18. The van der Waals surface area contributed by atoms with Gasteiger partial charge in [-0.2, -0.15) is 0 Å². The van der Waals surface area contributed by atoms with Crippen LogP contribution in [0, 0.1) is 0 Å². The summed E-state index contributed by atoms with van der Waals surface area (Å²) >= 11 is 0. The molecule has 3 aliphatic rings. The predicted octanol–water partition coefficient (Wildman–Crippen LogP) is 10.4. The third-order valence-electron chi connectivity index (χ3n) is 18.8. The summed E-state index contributed by atoms with van der Waals surface area (Å²) in [5.41, 5.74) is 0. The maximum absolute atomic E-state index is 13.4. The number of nitrogens with one attached hydrogen (secondary N) is 1. The minimum Gasteiger partial charge on any atom is -0.394 e. The summed E-state index contributed by atoms with van der Waals surface area (Å²) in [7, 11) is 0. The zero-order valence-electron chi connectivity index (χ0n) is 56.4. The monoisotopic (exact) mass is 1290 g/mol. The average molecular weight is 1290 g/mol. The van der Waals surface area contributed by atoms with Crippen LogP contribution in [0.25, 0.3) is 0 Å². The summed E-state index contributed by atoms with van der Waals surface area (Å²) in [6, 6.07) is -0.969. The normalized spacial score (nSPS) is 28.0. The number of aliphatic hydroxyl groups is 11. The van der Waals surface area contributed by atoms with Gasteiger partial charge in [0.15, 0.2) is 18.9 Å². The number of carbonyl (C=O) groups is 1. The maximum Gasteiger partial charge on any atom is 0.220 e. The predicted molar refractivity (Wildman–Crippen MR) is 351 cm³/mol. The van der Waals surface area contributed by atoms with E-state index < -0.39 is 124 Å². The van der Waals surface area contributed by atoms with Crippen molar-refractivity contribution in [3.05, 3.63) is 12.2 Å². The Morgan fingerprint density at radius 1 is 0.389 bits per heavy atom. The molecule has 3 aliphatic heterocycles. The Bertz CT molecular complexity index is 1680. The van der Waals surface area contributed by atoms with Gasteiger partial charge in [0, 0.05) is 6.42 Å². The van der Waals surface area contributed by atoms with Gasteiger partial charge in [-0.15, -0.1) is 0 Å². The topological polar surface area (TPSA) is 307 Å². The van der Waals surface area contributed by atoms with Gasteiger partial charge in [-0.3, -0.25) is 4.79 Å². The van der Waals surface area contributed by atoms with E-state index >= 15 is 0 Å². The molecule has 0 radical (unpaired) electrons. The van der Waals surface area contributed by atoms with Crippen LogP contribution in [0.4, 0.5) is 0 Å². The number of amides is 1. The molecule has 0 spiro atoms. The number of aliphatic hydroxyl groups excluding tert-OH is 11.